The summed E-state index contributed by atoms with van der Waals surface area (Å²) in [5, 5.41) is 10.5. The Labute approximate surface area is 120 Å². The van der Waals surface area contributed by atoms with Crippen LogP contribution in [0.3, 0.4) is 0 Å². The zero-order valence-electron chi connectivity index (χ0n) is 12.3. The van der Waals surface area contributed by atoms with E-state index >= 15 is 0 Å². The van der Waals surface area contributed by atoms with Crippen molar-refractivity contribution in [1.29, 1.82) is 0 Å². The van der Waals surface area contributed by atoms with E-state index < -0.39 is 12.1 Å². The predicted octanol–water partition coefficient (Wildman–Crippen LogP) is 2.64. The second-order valence-electron chi connectivity index (χ2n) is 5.56. The van der Waals surface area contributed by atoms with Gasteiger partial charge < -0.3 is 20.3 Å². The van der Waals surface area contributed by atoms with Crippen LogP contribution in [0.1, 0.15) is 43.7 Å². The number of benzene rings is 1. The summed E-state index contributed by atoms with van der Waals surface area (Å²) >= 11 is 0. The SMILES string of the molecule is COc1cc(OC)cc([C@H](N)[C@H](O)C2CCCCC2)c1. The molecule has 0 unspecified atom stereocenters. The molecule has 1 saturated carbocycles. The first kappa shape index (κ1) is 15.1. The van der Waals surface area contributed by atoms with Gasteiger partial charge in [0.1, 0.15) is 11.5 Å². The fourth-order valence-electron chi connectivity index (χ4n) is 2.99. The number of hydrogen-bond donors (Lipinski definition) is 2. The van der Waals surface area contributed by atoms with Gasteiger partial charge in [-0.2, -0.15) is 0 Å². The van der Waals surface area contributed by atoms with Gasteiger partial charge in [-0.25, -0.2) is 0 Å². The van der Waals surface area contributed by atoms with Gasteiger partial charge in [0.15, 0.2) is 0 Å². The standard InChI is InChI=1S/C16H25NO3/c1-19-13-8-12(9-14(10-13)20-2)15(17)16(18)11-6-4-3-5-7-11/h8-11,15-16,18H,3-7,17H2,1-2H3/t15-,16+/m0/s1. The molecule has 3 N–H and O–H groups in total. The summed E-state index contributed by atoms with van der Waals surface area (Å²) in [7, 11) is 3.23. The van der Waals surface area contributed by atoms with Crippen molar-refractivity contribution in [2.45, 2.75) is 44.2 Å². The van der Waals surface area contributed by atoms with Crippen molar-refractivity contribution in [2.24, 2.45) is 11.7 Å². The highest BCUT2D eigenvalue weighted by Gasteiger charge is 2.28. The zero-order valence-corrected chi connectivity index (χ0v) is 12.3. The topological polar surface area (TPSA) is 64.7 Å². The molecule has 4 nitrogen and oxygen atoms in total. The summed E-state index contributed by atoms with van der Waals surface area (Å²) in [6.45, 7) is 0. The molecular formula is C16H25NO3. The minimum Gasteiger partial charge on any atom is -0.497 e. The Kier molecular flexibility index (Phi) is 5.26. The van der Waals surface area contributed by atoms with Gasteiger partial charge >= 0.3 is 0 Å². The van der Waals surface area contributed by atoms with Crippen LogP contribution in [0, 0.1) is 5.92 Å². The van der Waals surface area contributed by atoms with Crippen LogP contribution >= 0.6 is 0 Å². The van der Waals surface area contributed by atoms with Crippen LogP contribution in [0.5, 0.6) is 11.5 Å². The van der Waals surface area contributed by atoms with Crippen LogP contribution in [-0.2, 0) is 0 Å². The molecule has 2 rings (SSSR count). The Balaban J connectivity index is 2.16. The molecule has 0 heterocycles. The van der Waals surface area contributed by atoms with Gasteiger partial charge in [-0.1, -0.05) is 19.3 Å². The van der Waals surface area contributed by atoms with E-state index in [0.717, 1.165) is 18.4 Å². The third-order valence-electron chi connectivity index (χ3n) is 4.26. The van der Waals surface area contributed by atoms with Gasteiger partial charge in [-0.15, -0.1) is 0 Å². The number of rotatable bonds is 5. The van der Waals surface area contributed by atoms with Crippen LogP contribution in [0.4, 0.5) is 0 Å². The number of ether oxygens (including phenoxy) is 2. The highest BCUT2D eigenvalue weighted by Crippen LogP contribution is 2.33. The smallest absolute Gasteiger partial charge is 0.122 e. The van der Waals surface area contributed by atoms with Crippen molar-refractivity contribution in [1.82, 2.24) is 0 Å². The minimum absolute atomic E-state index is 0.302. The van der Waals surface area contributed by atoms with Crippen LogP contribution in [0.2, 0.25) is 0 Å². The molecule has 1 aromatic carbocycles. The Morgan fingerprint density at radius 2 is 1.60 bits per heavy atom. The Morgan fingerprint density at radius 1 is 1.05 bits per heavy atom. The van der Waals surface area contributed by atoms with E-state index in [2.05, 4.69) is 0 Å². The quantitative estimate of drug-likeness (QED) is 0.869. The number of nitrogens with two attached hydrogens (primary N) is 1. The first-order chi connectivity index (χ1) is 9.65. The van der Waals surface area contributed by atoms with Crippen molar-refractivity contribution in [3.63, 3.8) is 0 Å². The molecule has 1 aromatic rings. The molecule has 112 valence electrons. The molecule has 1 aliphatic rings. The van der Waals surface area contributed by atoms with E-state index in [9.17, 15) is 5.11 Å². The lowest BCUT2D eigenvalue weighted by atomic mass is 9.81. The van der Waals surface area contributed by atoms with Crippen molar-refractivity contribution in [2.75, 3.05) is 14.2 Å². The lowest BCUT2D eigenvalue weighted by Gasteiger charge is -2.30. The highest BCUT2D eigenvalue weighted by atomic mass is 16.5. The van der Waals surface area contributed by atoms with Crippen molar-refractivity contribution < 1.29 is 14.6 Å². The van der Waals surface area contributed by atoms with E-state index in [1.54, 1.807) is 14.2 Å². The predicted molar refractivity (Wildman–Crippen MR) is 79.1 cm³/mol. The number of aliphatic hydroxyl groups is 1. The van der Waals surface area contributed by atoms with Crippen LogP contribution in [0.15, 0.2) is 18.2 Å². The fraction of sp³-hybridized carbons (Fsp3) is 0.625. The first-order valence-electron chi connectivity index (χ1n) is 7.32. The van der Waals surface area contributed by atoms with E-state index in [1.165, 1.54) is 19.3 Å². The average molecular weight is 279 g/mol. The Bertz CT molecular complexity index is 407. The van der Waals surface area contributed by atoms with Gasteiger partial charge in [0.25, 0.3) is 0 Å². The van der Waals surface area contributed by atoms with Crippen molar-refractivity contribution in [3.8, 4) is 11.5 Å². The largest absolute Gasteiger partial charge is 0.497 e. The third kappa shape index (κ3) is 3.44. The van der Waals surface area contributed by atoms with Gasteiger partial charge in [0.2, 0.25) is 0 Å². The summed E-state index contributed by atoms with van der Waals surface area (Å²) < 4.78 is 10.5. The van der Waals surface area contributed by atoms with Gasteiger partial charge in [0.05, 0.1) is 26.4 Å². The van der Waals surface area contributed by atoms with Gasteiger partial charge in [-0.3, -0.25) is 0 Å². The molecule has 1 aliphatic carbocycles. The molecule has 1 fully saturated rings. The molecule has 0 bridgehead atoms. The monoisotopic (exact) mass is 279 g/mol. The minimum atomic E-state index is -0.507. The van der Waals surface area contributed by atoms with Crippen LogP contribution in [0.25, 0.3) is 0 Å². The molecule has 2 atom stereocenters. The van der Waals surface area contributed by atoms with E-state index in [1.807, 2.05) is 18.2 Å². The van der Waals surface area contributed by atoms with E-state index in [0.29, 0.717) is 17.4 Å². The van der Waals surface area contributed by atoms with Crippen molar-refractivity contribution in [3.05, 3.63) is 23.8 Å². The molecule has 0 saturated heterocycles. The summed E-state index contributed by atoms with van der Waals surface area (Å²) in [6, 6.07) is 5.16. The molecule has 20 heavy (non-hydrogen) atoms. The second-order valence-corrected chi connectivity index (χ2v) is 5.56. The summed E-state index contributed by atoms with van der Waals surface area (Å²) in [6.07, 6.45) is 5.27. The van der Waals surface area contributed by atoms with Gasteiger partial charge in [-0.05, 0) is 36.5 Å². The zero-order chi connectivity index (χ0) is 14.5. The third-order valence-corrected chi connectivity index (χ3v) is 4.26. The normalized spacial score (nSPS) is 19.4. The highest BCUT2D eigenvalue weighted by molar-refractivity contribution is 5.40. The maximum atomic E-state index is 10.5. The fourth-order valence-corrected chi connectivity index (χ4v) is 2.99. The number of hydrogen-bond acceptors (Lipinski definition) is 4. The van der Waals surface area contributed by atoms with Crippen LogP contribution < -0.4 is 15.2 Å². The Morgan fingerprint density at radius 3 is 2.10 bits per heavy atom. The molecule has 0 radical (unpaired) electrons. The Hall–Kier alpha value is -1.26. The second kappa shape index (κ2) is 6.95. The molecule has 0 amide bonds. The first-order valence-corrected chi connectivity index (χ1v) is 7.32. The summed E-state index contributed by atoms with van der Waals surface area (Å²) in [5.74, 6) is 1.70. The van der Waals surface area contributed by atoms with E-state index in [4.69, 9.17) is 15.2 Å². The molecular weight excluding hydrogens is 254 g/mol. The lowest BCUT2D eigenvalue weighted by Crippen LogP contribution is -2.34. The van der Waals surface area contributed by atoms with E-state index in [-0.39, 0.29) is 0 Å². The maximum Gasteiger partial charge on any atom is 0.122 e. The van der Waals surface area contributed by atoms with Crippen LogP contribution in [-0.4, -0.2) is 25.4 Å². The molecule has 0 aromatic heterocycles. The number of aliphatic hydroxyl groups excluding tert-OH is 1. The average Bonchev–Trinajstić information content (AvgIpc) is 2.53. The molecule has 4 heteroatoms. The summed E-state index contributed by atoms with van der Waals surface area (Å²) in [4.78, 5) is 0. The molecule has 0 aliphatic heterocycles. The number of methoxy groups -OCH3 is 2. The maximum absolute atomic E-state index is 10.5. The lowest BCUT2D eigenvalue weighted by molar-refractivity contribution is 0.0617. The van der Waals surface area contributed by atoms with Gasteiger partial charge in [0, 0.05) is 6.07 Å². The van der Waals surface area contributed by atoms with Crippen molar-refractivity contribution >= 4 is 0 Å². The molecule has 0 spiro atoms. The summed E-state index contributed by atoms with van der Waals surface area (Å²) in [5.41, 5.74) is 7.12.